The number of carbonyl (C=O) groups is 2. The number of rotatable bonds is 4. The quantitative estimate of drug-likeness (QED) is 0.658. The Morgan fingerprint density at radius 3 is 2.65 bits per heavy atom. The van der Waals surface area contributed by atoms with Crippen molar-refractivity contribution in [3.8, 4) is 5.75 Å². The molecule has 126 valence electrons. The van der Waals surface area contributed by atoms with E-state index in [-0.39, 0.29) is 11.8 Å². The van der Waals surface area contributed by atoms with Gasteiger partial charge >= 0.3 is 11.9 Å². The van der Waals surface area contributed by atoms with E-state index < -0.39 is 23.5 Å². The first-order chi connectivity index (χ1) is 10.8. The monoisotopic (exact) mass is 320 g/mol. The van der Waals surface area contributed by atoms with Crippen molar-refractivity contribution < 1.29 is 24.5 Å². The highest BCUT2D eigenvalue weighted by Crippen LogP contribution is 2.49. The van der Waals surface area contributed by atoms with E-state index in [1.165, 1.54) is 6.92 Å². The first-order valence-electron chi connectivity index (χ1n) is 8.03. The molecule has 5 heteroatoms. The van der Waals surface area contributed by atoms with Gasteiger partial charge in [0.2, 0.25) is 0 Å². The van der Waals surface area contributed by atoms with Crippen molar-refractivity contribution in [2.75, 3.05) is 0 Å². The minimum atomic E-state index is -1.10. The van der Waals surface area contributed by atoms with Crippen molar-refractivity contribution in [1.82, 2.24) is 0 Å². The molecule has 0 radical (unpaired) electrons. The lowest BCUT2D eigenvalue weighted by atomic mass is 9.61. The van der Waals surface area contributed by atoms with Crippen LogP contribution in [0.2, 0.25) is 0 Å². The number of ether oxygens (including phenoxy) is 1. The van der Waals surface area contributed by atoms with E-state index in [1.54, 1.807) is 18.2 Å². The van der Waals surface area contributed by atoms with Crippen LogP contribution in [0, 0.1) is 17.8 Å². The molecule has 0 heterocycles. The van der Waals surface area contributed by atoms with Gasteiger partial charge in [-0.15, -0.1) is 0 Å². The van der Waals surface area contributed by atoms with E-state index in [2.05, 4.69) is 0 Å². The molecule has 1 aromatic carbocycles. The van der Waals surface area contributed by atoms with Gasteiger partial charge in [0.1, 0.15) is 5.75 Å². The van der Waals surface area contributed by atoms with E-state index >= 15 is 0 Å². The Morgan fingerprint density at radius 1 is 1.39 bits per heavy atom. The third-order valence-corrected chi connectivity index (χ3v) is 5.07. The lowest BCUT2D eigenvalue weighted by molar-refractivity contribution is -0.154. The summed E-state index contributed by atoms with van der Waals surface area (Å²) in [5, 5.41) is 20.7. The first-order valence-corrected chi connectivity index (χ1v) is 8.03. The van der Waals surface area contributed by atoms with Gasteiger partial charge in [-0.2, -0.15) is 0 Å². The number of aliphatic carboxylic acids is 1. The van der Waals surface area contributed by atoms with Crippen LogP contribution in [0.3, 0.4) is 0 Å². The Balaban J connectivity index is 2.36. The molecule has 0 bridgehead atoms. The van der Waals surface area contributed by atoms with E-state index in [0.29, 0.717) is 30.6 Å². The zero-order chi connectivity index (χ0) is 17.2. The third-order valence-electron chi connectivity index (χ3n) is 5.07. The summed E-state index contributed by atoms with van der Waals surface area (Å²) in [6.07, 6.45) is 1.50. The average Bonchev–Trinajstić information content (AvgIpc) is 2.47. The normalized spacial score (nSPS) is 30.7. The number of carbonyl (C=O) groups excluding carboxylic acids is 1. The molecule has 2 rings (SSSR count). The van der Waals surface area contributed by atoms with Crippen LogP contribution in [0.25, 0.3) is 0 Å². The number of esters is 1. The van der Waals surface area contributed by atoms with Crippen molar-refractivity contribution in [2.24, 2.45) is 17.8 Å². The molecular weight excluding hydrogens is 296 g/mol. The SMILES string of the molecule is CCC1C(C)C(C(=O)O)CCC1(O)c1cccc(OC(C)=O)c1. The second kappa shape index (κ2) is 6.71. The summed E-state index contributed by atoms with van der Waals surface area (Å²) in [5.74, 6) is -1.54. The Bertz CT molecular complexity index is 597. The fraction of sp³-hybridized carbons (Fsp3) is 0.556. The summed E-state index contributed by atoms with van der Waals surface area (Å²) in [7, 11) is 0. The van der Waals surface area contributed by atoms with Crippen molar-refractivity contribution in [3.63, 3.8) is 0 Å². The van der Waals surface area contributed by atoms with E-state index in [0.717, 1.165) is 0 Å². The molecule has 2 N–H and O–H groups in total. The molecule has 0 spiro atoms. The van der Waals surface area contributed by atoms with E-state index in [4.69, 9.17) is 4.74 Å². The Morgan fingerprint density at radius 2 is 2.09 bits per heavy atom. The van der Waals surface area contributed by atoms with Gasteiger partial charge in [0.25, 0.3) is 0 Å². The van der Waals surface area contributed by atoms with Gasteiger partial charge in [-0.3, -0.25) is 9.59 Å². The summed E-state index contributed by atoms with van der Waals surface area (Å²) in [6.45, 7) is 5.19. The maximum absolute atomic E-state index is 11.4. The van der Waals surface area contributed by atoms with Crippen molar-refractivity contribution in [3.05, 3.63) is 29.8 Å². The second-order valence-corrected chi connectivity index (χ2v) is 6.40. The smallest absolute Gasteiger partial charge is 0.308 e. The molecule has 4 atom stereocenters. The lowest BCUT2D eigenvalue weighted by Gasteiger charge is -2.46. The summed E-state index contributed by atoms with van der Waals surface area (Å²) in [6, 6.07) is 6.90. The lowest BCUT2D eigenvalue weighted by Crippen LogP contribution is -2.47. The van der Waals surface area contributed by atoms with Crippen LogP contribution in [-0.2, 0) is 15.2 Å². The third kappa shape index (κ3) is 3.39. The van der Waals surface area contributed by atoms with Crippen LogP contribution in [0.4, 0.5) is 0 Å². The molecule has 1 aromatic rings. The standard InChI is InChI=1S/C18H24O5/c1-4-16-11(2)15(17(20)21)8-9-18(16,22)13-6-5-7-14(10-13)23-12(3)19/h5-7,10-11,15-16,22H,4,8-9H2,1-3H3,(H,20,21). The maximum Gasteiger partial charge on any atom is 0.308 e. The largest absolute Gasteiger partial charge is 0.481 e. The van der Waals surface area contributed by atoms with Gasteiger partial charge in [0, 0.05) is 6.92 Å². The molecule has 1 aliphatic carbocycles. The van der Waals surface area contributed by atoms with Crippen LogP contribution in [0.1, 0.15) is 45.6 Å². The van der Waals surface area contributed by atoms with E-state index in [9.17, 15) is 19.8 Å². The zero-order valence-electron chi connectivity index (χ0n) is 13.8. The van der Waals surface area contributed by atoms with Gasteiger partial charge in [-0.1, -0.05) is 26.0 Å². The number of benzene rings is 1. The number of hydrogen-bond donors (Lipinski definition) is 2. The highest BCUT2D eigenvalue weighted by atomic mass is 16.5. The summed E-state index contributed by atoms with van der Waals surface area (Å²) in [4.78, 5) is 22.5. The van der Waals surface area contributed by atoms with Crippen LogP contribution >= 0.6 is 0 Å². The predicted octanol–water partition coefficient (Wildman–Crippen LogP) is 2.96. The molecular formula is C18H24O5. The molecule has 1 aliphatic rings. The van der Waals surface area contributed by atoms with Crippen molar-refractivity contribution >= 4 is 11.9 Å². The fourth-order valence-corrected chi connectivity index (χ4v) is 3.95. The molecule has 0 aromatic heterocycles. The minimum Gasteiger partial charge on any atom is -0.481 e. The topological polar surface area (TPSA) is 83.8 Å². The highest BCUT2D eigenvalue weighted by molar-refractivity contribution is 5.71. The van der Waals surface area contributed by atoms with Gasteiger partial charge < -0.3 is 14.9 Å². The minimum absolute atomic E-state index is 0.131. The number of carboxylic acids is 1. The molecule has 4 unspecified atom stereocenters. The highest BCUT2D eigenvalue weighted by Gasteiger charge is 2.48. The van der Waals surface area contributed by atoms with Gasteiger partial charge in [-0.25, -0.2) is 0 Å². The van der Waals surface area contributed by atoms with E-state index in [1.807, 2.05) is 19.9 Å². The summed E-state index contributed by atoms with van der Waals surface area (Å²) < 4.78 is 5.10. The summed E-state index contributed by atoms with van der Waals surface area (Å²) >= 11 is 0. The van der Waals surface area contributed by atoms with Gasteiger partial charge in [0.15, 0.2) is 0 Å². The Labute approximate surface area is 136 Å². The van der Waals surface area contributed by atoms with Crippen LogP contribution in [-0.4, -0.2) is 22.2 Å². The number of aliphatic hydroxyl groups is 1. The number of hydrogen-bond acceptors (Lipinski definition) is 4. The van der Waals surface area contributed by atoms with Gasteiger partial charge in [0.05, 0.1) is 11.5 Å². The average molecular weight is 320 g/mol. The maximum atomic E-state index is 11.4. The van der Waals surface area contributed by atoms with Crippen LogP contribution in [0.5, 0.6) is 5.75 Å². The molecule has 1 fully saturated rings. The Hall–Kier alpha value is -1.88. The molecule has 1 saturated carbocycles. The summed E-state index contributed by atoms with van der Waals surface area (Å²) in [5.41, 5.74) is -0.421. The molecule has 0 saturated heterocycles. The molecule has 5 nitrogen and oxygen atoms in total. The zero-order valence-corrected chi connectivity index (χ0v) is 13.8. The number of carboxylic acid groups (broad SMARTS) is 1. The first kappa shape index (κ1) is 17.5. The molecule has 23 heavy (non-hydrogen) atoms. The van der Waals surface area contributed by atoms with Crippen molar-refractivity contribution in [1.29, 1.82) is 0 Å². The molecule has 0 amide bonds. The molecule has 0 aliphatic heterocycles. The van der Waals surface area contributed by atoms with Crippen LogP contribution in [0.15, 0.2) is 24.3 Å². The fourth-order valence-electron chi connectivity index (χ4n) is 3.95. The van der Waals surface area contributed by atoms with Gasteiger partial charge in [-0.05, 0) is 48.8 Å². The second-order valence-electron chi connectivity index (χ2n) is 6.40. The van der Waals surface area contributed by atoms with Crippen LogP contribution < -0.4 is 4.74 Å². The van der Waals surface area contributed by atoms with Crippen molar-refractivity contribution in [2.45, 2.75) is 45.6 Å². The Kier molecular flexibility index (Phi) is 5.09. The predicted molar refractivity (Wildman–Crippen MR) is 85.0 cm³/mol.